The Morgan fingerprint density at radius 1 is 0.913 bits per heavy atom. The summed E-state index contributed by atoms with van der Waals surface area (Å²) in [5.74, 6) is -3.72. The number of ether oxygens (including phenoxy) is 1. The predicted octanol–water partition coefficient (Wildman–Crippen LogP) is 1.45. The minimum Gasteiger partial charge on any atom is -0.460 e. The van der Waals surface area contributed by atoms with Gasteiger partial charge >= 0.3 is 5.97 Å². The molecule has 5 atom stereocenters. The maximum absolute atomic E-state index is 14.1. The van der Waals surface area contributed by atoms with E-state index in [0.29, 0.717) is 12.8 Å². The number of H-pyrrole nitrogens is 1. The highest BCUT2D eigenvalue weighted by atomic mass is 16.6. The Morgan fingerprint density at radius 2 is 1.57 bits per heavy atom. The molecule has 2 fully saturated rings. The fourth-order valence-corrected chi connectivity index (χ4v) is 5.90. The number of amides is 5. The molecule has 2 aromatic rings. The average Bonchev–Trinajstić information content (AvgIpc) is 3.61. The standard InChI is InChI=1S/C33H46N6O7/c1-18(2)14-23-29(42)37-24(15-20-17-34-22-11-8-7-10-21(20)22)30(43)38-25(16-27(40)46-33(4,5)6)32(45)39-13-9-12-26(39)31(44)35-19(3)28(41)36-23/h7-8,10-11,17-19,23-26,34H,9,12-16H2,1-6H3,(H,35,44)(H,36,41)(H,37,42)(H,38,43)/t19-,23+,24-,25-,26+/m1/s1. The van der Waals surface area contributed by atoms with Gasteiger partial charge < -0.3 is 35.9 Å². The van der Waals surface area contributed by atoms with Gasteiger partial charge in [-0.1, -0.05) is 32.0 Å². The quantitative estimate of drug-likeness (QED) is 0.297. The van der Waals surface area contributed by atoms with Crippen molar-refractivity contribution >= 4 is 46.4 Å². The Labute approximate surface area is 268 Å². The topological polar surface area (TPSA) is 179 Å². The Morgan fingerprint density at radius 3 is 2.26 bits per heavy atom. The number of hydrogen-bond donors (Lipinski definition) is 5. The summed E-state index contributed by atoms with van der Waals surface area (Å²) >= 11 is 0. The molecule has 3 heterocycles. The maximum Gasteiger partial charge on any atom is 0.308 e. The van der Waals surface area contributed by atoms with Crippen molar-refractivity contribution in [3.05, 3.63) is 36.0 Å². The molecular formula is C33H46N6O7. The number of fused-ring (bicyclic) bond motifs is 2. The molecule has 46 heavy (non-hydrogen) atoms. The molecule has 0 radical (unpaired) electrons. The number of rotatable bonds is 6. The van der Waals surface area contributed by atoms with E-state index in [0.717, 1.165) is 16.5 Å². The van der Waals surface area contributed by atoms with E-state index < -0.39 is 77.7 Å². The van der Waals surface area contributed by atoms with Gasteiger partial charge in [-0.15, -0.1) is 0 Å². The van der Waals surface area contributed by atoms with E-state index in [1.807, 2.05) is 38.1 Å². The van der Waals surface area contributed by atoms with Gasteiger partial charge in [0.2, 0.25) is 29.5 Å². The van der Waals surface area contributed by atoms with Crippen molar-refractivity contribution in [3.63, 3.8) is 0 Å². The Bertz CT molecular complexity index is 1480. The van der Waals surface area contributed by atoms with Crippen LogP contribution in [0.2, 0.25) is 0 Å². The number of nitrogens with zero attached hydrogens (tertiary/aromatic N) is 1. The Kier molecular flexibility index (Phi) is 10.7. The van der Waals surface area contributed by atoms with Crippen LogP contribution in [0.15, 0.2) is 30.5 Å². The zero-order chi connectivity index (χ0) is 33.8. The molecule has 0 aliphatic carbocycles. The molecule has 13 heteroatoms. The number of hydrogen-bond acceptors (Lipinski definition) is 7. The van der Waals surface area contributed by atoms with Crippen LogP contribution in [0.4, 0.5) is 0 Å². The molecule has 2 aliphatic heterocycles. The fraction of sp³-hybridized carbons (Fsp3) is 0.576. The van der Waals surface area contributed by atoms with E-state index in [2.05, 4.69) is 26.3 Å². The van der Waals surface area contributed by atoms with E-state index >= 15 is 0 Å². The highest BCUT2D eigenvalue weighted by molar-refractivity contribution is 5.99. The molecule has 4 rings (SSSR count). The zero-order valence-electron chi connectivity index (χ0n) is 27.4. The van der Waals surface area contributed by atoms with E-state index in [-0.39, 0.29) is 25.3 Å². The highest BCUT2D eigenvalue weighted by Gasteiger charge is 2.41. The van der Waals surface area contributed by atoms with Crippen molar-refractivity contribution < 1.29 is 33.5 Å². The molecule has 2 saturated heterocycles. The number of para-hydroxylation sites is 1. The van der Waals surface area contributed by atoms with Crippen LogP contribution in [0.3, 0.4) is 0 Å². The van der Waals surface area contributed by atoms with Gasteiger partial charge in [0, 0.05) is 30.1 Å². The second kappa shape index (κ2) is 14.3. The van der Waals surface area contributed by atoms with Crippen molar-refractivity contribution in [2.75, 3.05) is 6.54 Å². The van der Waals surface area contributed by atoms with Crippen LogP contribution in [-0.4, -0.2) is 87.7 Å². The summed E-state index contributed by atoms with van der Waals surface area (Å²) in [5.41, 5.74) is 0.749. The second-order valence-electron chi connectivity index (χ2n) is 13.6. The van der Waals surface area contributed by atoms with E-state index in [1.165, 1.54) is 11.8 Å². The highest BCUT2D eigenvalue weighted by Crippen LogP contribution is 2.22. The summed E-state index contributed by atoms with van der Waals surface area (Å²) in [6, 6.07) is 2.06. The molecule has 0 bridgehead atoms. The van der Waals surface area contributed by atoms with Crippen LogP contribution in [-0.2, 0) is 39.9 Å². The largest absolute Gasteiger partial charge is 0.460 e. The van der Waals surface area contributed by atoms with Gasteiger partial charge in [0.05, 0.1) is 6.42 Å². The van der Waals surface area contributed by atoms with Crippen LogP contribution in [0.1, 0.15) is 72.8 Å². The van der Waals surface area contributed by atoms with Gasteiger partial charge in [-0.05, 0) is 64.5 Å². The Balaban J connectivity index is 1.75. The van der Waals surface area contributed by atoms with Gasteiger partial charge in [-0.3, -0.25) is 28.8 Å². The molecule has 250 valence electrons. The van der Waals surface area contributed by atoms with Gasteiger partial charge in [0.15, 0.2) is 0 Å². The molecule has 1 aromatic carbocycles. The van der Waals surface area contributed by atoms with Gasteiger partial charge in [-0.2, -0.15) is 0 Å². The minimum atomic E-state index is -1.37. The van der Waals surface area contributed by atoms with Gasteiger partial charge in [0.1, 0.15) is 35.8 Å². The predicted molar refractivity (Wildman–Crippen MR) is 170 cm³/mol. The summed E-state index contributed by atoms with van der Waals surface area (Å²) < 4.78 is 5.48. The van der Waals surface area contributed by atoms with Gasteiger partial charge in [-0.25, -0.2) is 0 Å². The summed E-state index contributed by atoms with van der Waals surface area (Å²) in [6.45, 7) is 10.6. The molecular weight excluding hydrogens is 592 g/mol. The molecule has 0 unspecified atom stereocenters. The van der Waals surface area contributed by atoms with E-state index in [9.17, 15) is 28.8 Å². The molecule has 2 aliphatic rings. The SMILES string of the molecule is CC(C)C[C@@H]1NC(=O)[C@@H](C)NC(=O)[C@@H]2CCCN2C(=O)[C@@H](CC(=O)OC(C)(C)C)NC(=O)[C@@H](Cc2c[nH]c3ccccc23)NC1=O. The first-order valence-corrected chi connectivity index (χ1v) is 15.9. The minimum absolute atomic E-state index is 0.00630. The van der Waals surface area contributed by atoms with Crippen molar-refractivity contribution in [2.45, 2.75) is 109 Å². The lowest BCUT2D eigenvalue weighted by atomic mass is 10.00. The molecule has 0 saturated carbocycles. The second-order valence-corrected chi connectivity index (χ2v) is 13.6. The summed E-state index contributed by atoms with van der Waals surface area (Å²) in [7, 11) is 0. The lowest BCUT2D eigenvalue weighted by molar-refractivity contribution is -0.157. The summed E-state index contributed by atoms with van der Waals surface area (Å²) in [6.07, 6.45) is 2.47. The lowest BCUT2D eigenvalue weighted by Gasteiger charge is -2.30. The molecule has 1 aromatic heterocycles. The van der Waals surface area contributed by atoms with Crippen molar-refractivity contribution in [3.8, 4) is 0 Å². The first-order valence-electron chi connectivity index (χ1n) is 15.9. The van der Waals surface area contributed by atoms with Gasteiger partial charge in [0.25, 0.3) is 0 Å². The average molecular weight is 639 g/mol. The molecule has 0 spiro atoms. The fourth-order valence-electron chi connectivity index (χ4n) is 5.90. The lowest BCUT2D eigenvalue weighted by Crippen LogP contribution is -2.58. The van der Waals surface area contributed by atoms with Crippen LogP contribution in [0.5, 0.6) is 0 Å². The third kappa shape index (κ3) is 8.64. The van der Waals surface area contributed by atoms with Crippen molar-refractivity contribution in [1.82, 2.24) is 31.2 Å². The van der Waals surface area contributed by atoms with Crippen molar-refractivity contribution in [2.24, 2.45) is 5.92 Å². The number of aromatic amines is 1. The van der Waals surface area contributed by atoms with Crippen LogP contribution in [0, 0.1) is 5.92 Å². The monoisotopic (exact) mass is 638 g/mol. The number of carbonyl (C=O) groups excluding carboxylic acids is 6. The zero-order valence-corrected chi connectivity index (χ0v) is 27.4. The van der Waals surface area contributed by atoms with Crippen LogP contribution < -0.4 is 21.3 Å². The third-order valence-electron chi connectivity index (χ3n) is 8.07. The molecule has 13 nitrogen and oxygen atoms in total. The first-order chi connectivity index (χ1) is 21.6. The van der Waals surface area contributed by atoms with Crippen LogP contribution in [0.25, 0.3) is 10.9 Å². The normalized spacial score (nSPS) is 25.2. The summed E-state index contributed by atoms with van der Waals surface area (Å²) in [4.78, 5) is 85.8. The number of carbonyl (C=O) groups is 6. The first kappa shape index (κ1) is 34.5. The maximum atomic E-state index is 14.1. The van der Waals surface area contributed by atoms with E-state index in [1.54, 1.807) is 27.0 Å². The third-order valence-corrected chi connectivity index (χ3v) is 8.07. The van der Waals surface area contributed by atoms with E-state index in [4.69, 9.17) is 4.74 Å². The van der Waals surface area contributed by atoms with Crippen LogP contribution >= 0.6 is 0 Å². The number of benzene rings is 1. The number of esters is 1. The summed E-state index contributed by atoms with van der Waals surface area (Å²) in [5, 5.41) is 11.8. The number of nitrogens with one attached hydrogen (secondary N) is 5. The van der Waals surface area contributed by atoms with Crippen molar-refractivity contribution in [1.29, 1.82) is 0 Å². The molecule has 5 N–H and O–H groups in total. The Hall–Kier alpha value is -4.42. The smallest absolute Gasteiger partial charge is 0.308 e. The number of aromatic nitrogens is 1. The molecule has 5 amide bonds.